The van der Waals surface area contributed by atoms with Crippen molar-refractivity contribution in [1.29, 1.82) is 0 Å². The molecule has 0 saturated heterocycles. The summed E-state index contributed by atoms with van der Waals surface area (Å²) in [5.41, 5.74) is 5.18. The first-order valence-corrected chi connectivity index (χ1v) is 10.7. The molecule has 0 bridgehead atoms. The molecule has 3 aromatic heterocycles. The summed E-state index contributed by atoms with van der Waals surface area (Å²) < 4.78 is 8.88. The van der Waals surface area contributed by atoms with Gasteiger partial charge in [-0.05, 0) is 48.7 Å². The van der Waals surface area contributed by atoms with E-state index >= 15 is 0 Å². The van der Waals surface area contributed by atoms with Crippen molar-refractivity contribution < 1.29 is 4.74 Å². The van der Waals surface area contributed by atoms with Gasteiger partial charge in [-0.2, -0.15) is 5.10 Å². The molecule has 0 saturated carbocycles. The molecule has 0 aliphatic heterocycles. The fourth-order valence-electron chi connectivity index (χ4n) is 4.10. The average molecular weight is 445 g/mol. The molecule has 0 radical (unpaired) electrons. The molecular formula is C25H21ClN4O2. The van der Waals surface area contributed by atoms with Gasteiger partial charge in [0, 0.05) is 29.5 Å². The van der Waals surface area contributed by atoms with E-state index in [2.05, 4.69) is 10.1 Å². The van der Waals surface area contributed by atoms with Crippen molar-refractivity contribution in [2.45, 2.75) is 19.9 Å². The van der Waals surface area contributed by atoms with Gasteiger partial charge in [0.25, 0.3) is 5.56 Å². The fourth-order valence-corrected chi connectivity index (χ4v) is 4.22. The van der Waals surface area contributed by atoms with Crippen LogP contribution < -0.4 is 10.3 Å². The Bertz CT molecular complexity index is 1500. The first-order chi connectivity index (χ1) is 15.6. The molecule has 0 N–H and O–H groups in total. The third-order valence-electron chi connectivity index (χ3n) is 5.71. The van der Waals surface area contributed by atoms with Gasteiger partial charge in [-0.15, -0.1) is 0 Å². The van der Waals surface area contributed by atoms with Gasteiger partial charge >= 0.3 is 0 Å². The number of hydrogen-bond donors (Lipinski definition) is 0. The van der Waals surface area contributed by atoms with Gasteiger partial charge in [0.05, 0.1) is 23.7 Å². The van der Waals surface area contributed by atoms with Crippen molar-refractivity contribution in [1.82, 2.24) is 19.2 Å². The van der Waals surface area contributed by atoms with Crippen molar-refractivity contribution in [2.75, 3.05) is 7.11 Å². The van der Waals surface area contributed by atoms with E-state index in [9.17, 15) is 4.79 Å². The number of halogens is 1. The lowest BCUT2D eigenvalue weighted by Crippen LogP contribution is -2.21. The van der Waals surface area contributed by atoms with E-state index in [0.717, 1.165) is 33.7 Å². The molecular weight excluding hydrogens is 424 g/mol. The van der Waals surface area contributed by atoms with Crippen LogP contribution in [0.2, 0.25) is 5.02 Å². The molecule has 5 rings (SSSR count). The fraction of sp³-hybridized carbons (Fsp3) is 0.160. The number of para-hydroxylation sites is 1. The Hall–Kier alpha value is -3.64. The van der Waals surface area contributed by atoms with Gasteiger partial charge in [-0.3, -0.25) is 4.79 Å². The molecule has 0 amide bonds. The van der Waals surface area contributed by atoms with E-state index < -0.39 is 0 Å². The zero-order valence-electron chi connectivity index (χ0n) is 17.7. The SMILES string of the molecule is COc1ccccc1CCn1ccc2c(cnc3c(-c4ccc(Cl)cc4)c(C)nn32)c1=O. The standard InChI is InChI=1S/C25H21ClN4O2/c1-16-23(18-7-9-19(26)10-8-18)24-27-15-20-21(30(24)28-16)12-14-29(25(20)31)13-11-17-5-3-4-6-22(17)32-2/h3-10,12,14-15H,11,13H2,1-2H3. The van der Waals surface area contributed by atoms with Gasteiger partial charge in [-0.25, -0.2) is 9.50 Å². The summed E-state index contributed by atoms with van der Waals surface area (Å²) in [6.07, 6.45) is 4.15. The summed E-state index contributed by atoms with van der Waals surface area (Å²) in [6, 6.07) is 17.4. The molecule has 3 heterocycles. The van der Waals surface area contributed by atoms with Crippen molar-refractivity contribution in [2.24, 2.45) is 0 Å². The third-order valence-corrected chi connectivity index (χ3v) is 5.96. The topological polar surface area (TPSA) is 61.4 Å². The van der Waals surface area contributed by atoms with E-state index in [0.29, 0.717) is 29.0 Å². The first kappa shape index (κ1) is 20.3. The monoisotopic (exact) mass is 444 g/mol. The normalized spacial score (nSPS) is 11.3. The van der Waals surface area contributed by atoms with Gasteiger partial charge in [0.1, 0.15) is 5.75 Å². The number of aromatic nitrogens is 4. The highest BCUT2D eigenvalue weighted by Crippen LogP contribution is 2.29. The summed E-state index contributed by atoms with van der Waals surface area (Å²) in [4.78, 5) is 17.8. The number of hydrogen-bond acceptors (Lipinski definition) is 4. The molecule has 0 aliphatic rings. The van der Waals surface area contributed by atoms with Crippen LogP contribution in [0.25, 0.3) is 27.7 Å². The molecule has 6 nitrogen and oxygen atoms in total. The smallest absolute Gasteiger partial charge is 0.261 e. The van der Waals surface area contributed by atoms with Gasteiger partial charge in [0.15, 0.2) is 5.65 Å². The minimum absolute atomic E-state index is 0.0898. The van der Waals surface area contributed by atoms with Gasteiger partial charge in [-0.1, -0.05) is 41.9 Å². The molecule has 2 aromatic carbocycles. The van der Waals surface area contributed by atoms with Crippen LogP contribution in [-0.2, 0) is 13.0 Å². The Morgan fingerprint density at radius 1 is 1.06 bits per heavy atom. The predicted molar refractivity (Wildman–Crippen MR) is 127 cm³/mol. The summed E-state index contributed by atoms with van der Waals surface area (Å²) in [5.74, 6) is 0.825. The number of fused-ring (bicyclic) bond motifs is 3. The molecule has 0 spiro atoms. The summed E-state index contributed by atoms with van der Waals surface area (Å²) in [5, 5.41) is 5.89. The second kappa shape index (κ2) is 8.13. The van der Waals surface area contributed by atoms with Crippen molar-refractivity contribution in [3.05, 3.63) is 93.6 Å². The van der Waals surface area contributed by atoms with Gasteiger partial charge in [0.2, 0.25) is 0 Å². The summed E-state index contributed by atoms with van der Waals surface area (Å²) in [7, 11) is 1.66. The van der Waals surface area contributed by atoms with Crippen LogP contribution >= 0.6 is 11.6 Å². The number of methoxy groups -OCH3 is 1. The lowest BCUT2D eigenvalue weighted by atomic mass is 10.1. The molecule has 0 atom stereocenters. The van der Waals surface area contributed by atoms with E-state index in [-0.39, 0.29) is 5.56 Å². The number of ether oxygens (including phenoxy) is 1. The highest BCUT2D eigenvalue weighted by Gasteiger charge is 2.16. The number of pyridine rings is 1. The second-order valence-electron chi connectivity index (χ2n) is 7.64. The van der Waals surface area contributed by atoms with Crippen LogP contribution in [0.4, 0.5) is 0 Å². The Balaban J connectivity index is 1.56. The molecule has 0 fully saturated rings. The zero-order chi connectivity index (χ0) is 22.2. The maximum atomic E-state index is 13.2. The molecule has 0 aliphatic carbocycles. The van der Waals surface area contributed by atoms with Crippen molar-refractivity contribution in [3.8, 4) is 16.9 Å². The maximum Gasteiger partial charge on any atom is 0.261 e. The summed E-state index contributed by atoms with van der Waals surface area (Å²) in [6.45, 7) is 2.49. The van der Waals surface area contributed by atoms with Crippen LogP contribution in [0.15, 0.2) is 71.8 Å². The van der Waals surface area contributed by atoms with E-state index in [1.165, 1.54) is 0 Å². The zero-order valence-corrected chi connectivity index (χ0v) is 18.5. The minimum atomic E-state index is -0.0898. The largest absolute Gasteiger partial charge is 0.496 e. The molecule has 7 heteroatoms. The molecule has 32 heavy (non-hydrogen) atoms. The number of rotatable bonds is 5. The first-order valence-electron chi connectivity index (χ1n) is 10.3. The Labute approximate surface area is 189 Å². The van der Waals surface area contributed by atoms with E-state index in [4.69, 9.17) is 16.3 Å². The quantitative estimate of drug-likeness (QED) is 0.386. The van der Waals surface area contributed by atoms with Crippen LogP contribution in [0.5, 0.6) is 5.75 Å². The maximum absolute atomic E-state index is 13.2. The van der Waals surface area contributed by atoms with Crippen molar-refractivity contribution in [3.63, 3.8) is 0 Å². The lowest BCUT2D eigenvalue weighted by molar-refractivity contribution is 0.408. The number of nitrogens with zero attached hydrogens (tertiary/aromatic N) is 4. The Kier molecular flexibility index (Phi) is 5.15. The highest BCUT2D eigenvalue weighted by atomic mass is 35.5. The summed E-state index contributed by atoms with van der Waals surface area (Å²) >= 11 is 6.04. The average Bonchev–Trinajstić information content (AvgIpc) is 3.15. The minimum Gasteiger partial charge on any atom is -0.496 e. The molecule has 160 valence electrons. The third kappa shape index (κ3) is 3.42. The van der Waals surface area contributed by atoms with Crippen LogP contribution in [0.1, 0.15) is 11.3 Å². The second-order valence-corrected chi connectivity index (χ2v) is 8.07. The Morgan fingerprint density at radius 2 is 1.84 bits per heavy atom. The van der Waals surface area contributed by atoms with E-state index in [1.54, 1.807) is 22.4 Å². The number of benzene rings is 2. The Morgan fingerprint density at radius 3 is 2.62 bits per heavy atom. The predicted octanol–water partition coefficient (Wildman–Crippen LogP) is 4.92. The van der Waals surface area contributed by atoms with Crippen LogP contribution in [-0.4, -0.2) is 26.3 Å². The lowest BCUT2D eigenvalue weighted by Gasteiger charge is -2.10. The van der Waals surface area contributed by atoms with Crippen LogP contribution in [0, 0.1) is 6.92 Å². The van der Waals surface area contributed by atoms with Crippen molar-refractivity contribution >= 4 is 28.2 Å². The molecule has 0 unspecified atom stereocenters. The van der Waals surface area contributed by atoms with E-state index in [1.807, 2.05) is 67.7 Å². The van der Waals surface area contributed by atoms with Crippen LogP contribution in [0.3, 0.4) is 0 Å². The van der Waals surface area contributed by atoms with Gasteiger partial charge < -0.3 is 9.30 Å². The highest BCUT2D eigenvalue weighted by molar-refractivity contribution is 6.30. The molecule has 5 aromatic rings. The number of aryl methyl sites for hydroxylation is 3.